The van der Waals surface area contributed by atoms with Crippen LogP contribution in [0.25, 0.3) is 0 Å². The average Bonchev–Trinajstić information content (AvgIpc) is 3.74. The Hall–Kier alpha value is -3.86. The molecule has 0 aliphatic carbocycles. The molecule has 10 heteroatoms. The van der Waals surface area contributed by atoms with Gasteiger partial charge >= 0.3 is 0 Å². The minimum absolute atomic E-state index is 0.0440. The van der Waals surface area contributed by atoms with Gasteiger partial charge in [0.25, 0.3) is 11.8 Å². The van der Waals surface area contributed by atoms with Crippen molar-refractivity contribution in [2.45, 2.75) is 57.8 Å². The lowest BCUT2D eigenvalue weighted by Gasteiger charge is -2.25. The van der Waals surface area contributed by atoms with Crippen molar-refractivity contribution in [3.05, 3.63) is 105 Å². The van der Waals surface area contributed by atoms with Gasteiger partial charge in [0.2, 0.25) is 0 Å². The van der Waals surface area contributed by atoms with Crippen molar-refractivity contribution in [1.29, 1.82) is 0 Å². The van der Waals surface area contributed by atoms with Gasteiger partial charge in [0.15, 0.2) is 5.76 Å². The molecule has 0 saturated carbocycles. The fourth-order valence-electron chi connectivity index (χ4n) is 5.14. The van der Waals surface area contributed by atoms with Crippen LogP contribution in [-0.4, -0.2) is 57.2 Å². The lowest BCUT2D eigenvalue weighted by Crippen LogP contribution is -2.48. The van der Waals surface area contributed by atoms with Crippen molar-refractivity contribution in [2.24, 2.45) is 0 Å². The highest BCUT2D eigenvalue weighted by Gasteiger charge is 2.33. The fourth-order valence-corrected chi connectivity index (χ4v) is 6.08. The first-order chi connectivity index (χ1) is 19.9. The number of aromatic nitrogens is 2. The lowest BCUT2D eigenvalue weighted by molar-refractivity contribution is 0.0735. The maximum Gasteiger partial charge on any atom is 0.254 e. The minimum atomic E-state index is -0.875. The Morgan fingerprint density at radius 1 is 1.10 bits per heavy atom. The maximum atomic E-state index is 13.5. The van der Waals surface area contributed by atoms with E-state index < -0.39 is 12.1 Å². The van der Waals surface area contributed by atoms with Gasteiger partial charge in [0.1, 0.15) is 5.01 Å². The number of nitrogens with zero attached hydrogens (tertiary/aromatic N) is 3. The SMILES string of the molecule is Cc1cc(CNC[C@H](O)[C@H](Cc2ccccc2)NC(=O)c2cccc(C(=O)N3CCC[C@@H]3c3nc(C)cs3)c2)on1. The number of aryl methyl sites for hydroxylation is 2. The molecule has 0 spiro atoms. The molecule has 3 heterocycles. The molecular formula is C31H35N5O4S. The molecule has 3 atom stereocenters. The summed E-state index contributed by atoms with van der Waals surface area (Å²) in [5, 5.41) is 24.1. The number of likely N-dealkylation sites (tertiary alicyclic amines) is 1. The molecule has 0 radical (unpaired) electrons. The molecule has 1 aliphatic heterocycles. The van der Waals surface area contributed by atoms with Crippen molar-refractivity contribution in [3.63, 3.8) is 0 Å². The van der Waals surface area contributed by atoms with Crippen LogP contribution in [0.15, 0.2) is 70.6 Å². The smallest absolute Gasteiger partial charge is 0.254 e. The number of nitrogens with one attached hydrogen (secondary N) is 2. The van der Waals surface area contributed by atoms with Crippen molar-refractivity contribution in [2.75, 3.05) is 13.1 Å². The summed E-state index contributed by atoms with van der Waals surface area (Å²) in [7, 11) is 0. The highest BCUT2D eigenvalue weighted by atomic mass is 32.1. The molecule has 5 rings (SSSR count). The first kappa shape index (κ1) is 28.7. The van der Waals surface area contributed by atoms with Crippen LogP contribution >= 0.6 is 11.3 Å². The Balaban J connectivity index is 1.27. The molecule has 2 aromatic carbocycles. The lowest BCUT2D eigenvalue weighted by atomic mass is 10.00. The van der Waals surface area contributed by atoms with Gasteiger partial charge in [-0.25, -0.2) is 4.98 Å². The van der Waals surface area contributed by atoms with Crippen LogP contribution in [0.1, 0.15) is 67.3 Å². The summed E-state index contributed by atoms with van der Waals surface area (Å²) in [4.78, 5) is 33.4. The maximum absolute atomic E-state index is 13.5. The zero-order valence-electron chi connectivity index (χ0n) is 23.2. The summed E-state index contributed by atoms with van der Waals surface area (Å²) in [6.07, 6.45) is 1.36. The monoisotopic (exact) mass is 573 g/mol. The predicted molar refractivity (Wildman–Crippen MR) is 157 cm³/mol. The number of amides is 2. The number of benzene rings is 2. The van der Waals surface area contributed by atoms with E-state index >= 15 is 0 Å². The molecule has 0 bridgehead atoms. The molecule has 1 aliphatic rings. The fraction of sp³-hybridized carbons (Fsp3) is 0.355. The van der Waals surface area contributed by atoms with E-state index in [1.54, 1.807) is 35.6 Å². The number of hydrogen-bond donors (Lipinski definition) is 3. The van der Waals surface area contributed by atoms with Crippen LogP contribution in [0.5, 0.6) is 0 Å². The summed E-state index contributed by atoms with van der Waals surface area (Å²) in [5.74, 6) is 0.215. The third kappa shape index (κ3) is 7.27. The summed E-state index contributed by atoms with van der Waals surface area (Å²) in [5.41, 5.74) is 3.56. The van der Waals surface area contributed by atoms with E-state index in [2.05, 4.69) is 20.8 Å². The van der Waals surface area contributed by atoms with E-state index in [1.165, 1.54) is 0 Å². The number of aliphatic hydroxyl groups excluding tert-OH is 1. The highest BCUT2D eigenvalue weighted by Crippen LogP contribution is 2.34. The molecule has 2 aromatic heterocycles. The van der Waals surface area contributed by atoms with E-state index in [1.807, 2.05) is 60.5 Å². The van der Waals surface area contributed by atoms with Crippen molar-refractivity contribution in [1.82, 2.24) is 25.7 Å². The number of thiazole rings is 1. The molecule has 9 nitrogen and oxygen atoms in total. The summed E-state index contributed by atoms with van der Waals surface area (Å²) in [6.45, 7) is 5.11. The van der Waals surface area contributed by atoms with E-state index in [9.17, 15) is 14.7 Å². The second-order valence-corrected chi connectivity index (χ2v) is 11.4. The third-order valence-corrected chi connectivity index (χ3v) is 8.28. The molecule has 214 valence electrons. The van der Waals surface area contributed by atoms with Gasteiger partial charge < -0.3 is 25.2 Å². The van der Waals surface area contributed by atoms with Gasteiger partial charge in [-0.1, -0.05) is 41.6 Å². The molecule has 3 N–H and O–H groups in total. The number of hydrogen-bond acceptors (Lipinski definition) is 8. The minimum Gasteiger partial charge on any atom is -0.390 e. The van der Waals surface area contributed by atoms with Crippen LogP contribution in [0, 0.1) is 13.8 Å². The van der Waals surface area contributed by atoms with E-state index in [-0.39, 0.29) is 24.4 Å². The standard InChI is InChI=1S/C31H35N5O4S/c1-20-14-25(40-35-20)17-32-18-28(37)26(15-22-8-4-3-5-9-22)34-29(38)23-10-6-11-24(16-23)31(39)36-13-7-12-27(36)30-33-21(2)19-41-30/h3-6,8-11,14,16,19,26-28,32,37H,7,12-13,15,17-18H2,1-2H3,(H,34,38)/t26-,27+,28-/m0/s1. The largest absolute Gasteiger partial charge is 0.390 e. The Morgan fingerprint density at radius 3 is 2.63 bits per heavy atom. The Labute approximate surface area is 243 Å². The molecular weight excluding hydrogens is 538 g/mol. The van der Waals surface area contributed by atoms with Crippen LogP contribution < -0.4 is 10.6 Å². The summed E-state index contributed by atoms with van der Waals surface area (Å²) in [6, 6.07) is 17.7. The van der Waals surface area contributed by atoms with Gasteiger partial charge in [0, 0.05) is 41.4 Å². The van der Waals surface area contributed by atoms with Gasteiger partial charge in [-0.2, -0.15) is 0 Å². The van der Waals surface area contributed by atoms with Crippen molar-refractivity contribution < 1.29 is 19.2 Å². The van der Waals surface area contributed by atoms with Crippen LogP contribution in [0.4, 0.5) is 0 Å². The molecule has 2 amide bonds. The van der Waals surface area contributed by atoms with Gasteiger partial charge in [-0.3, -0.25) is 9.59 Å². The molecule has 0 unspecified atom stereocenters. The Kier molecular flexibility index (Phi) is 9.23. The second kappa shape index (κ2) is 13.2. The topological polar surface area (TPSA) is 121 Å². The number of aliphatic hydroxyl groups is 1. The zero-order valence-corrected chi connectivity index (χ0v) is 24.1. The van der Waals surface area contributed by atoms with Crippen LogP contribution in [0.3, 0.4) is 0 Å². The molecule has 1 fully saturated rings. The van der Waals surface area contributed by atoms with E-state index in [0.29, 0.717) is 36.4 Å². The van der Waals surface area contributed by atoms with E-state index in [0.717, 1.165) is 34.8 Å². The second-order valence-electron chi connectivity index (χ2n) is 10.5. The summed E-state index contributed by atoms with van der Waals surface area (Å²) >= 11 is 1.58. The quantitative estimate of drug-likeness (QED) is 0.246. The van der Waals surface area contributed by atoms with Crippen molar-refractivity contribution >= 4 is 23.2 Å². The van der Waals surface area contributed by atoms with Crippen molar-refractivity contribution in [3.8, 4) is 0 Å². The highest BCUT2D eigenvalue weighted by molar-refractivity contribution is 7.09. The van der Waals surface area contributed by atoms with E-state index in [4.69, 9.17) is 4.52 Å². The Bertz CT molecular complexity index is 1470. The predicted octanol–water partition coefficient (Wildman–Crippen LogP) is 4.22. The van der Waals surface area contributed by atoms with Gasteiger partial charge in [-0.05, 0) is 56.9 Å². The normalized spacial score (nSPS) is 16.5. The number of rotatable bonds is 11. The third-order valence-electron chi connectivity index (χ3n) is 7.22. The van der Waals surface area contributed by atoms with Crippen LogP contribution in [-0.2, 0) is 13.0 Å². The zero-order chi connectivity index (χ0) is 28.8. The van der Waals surface area contributed by atoms with Gasteiger partial charge in [0.05, 0.1) is 30.4 Å². The Morgan fingerprint density at radius 2 is 1.90 bits per heavy atom. The molecule has 4 aromatic rings. The molecule has 41 heavy (non-hydrogen) atoms. The first-order valence-electron chi connectivity index (χ1n) is 13.9. The molecule has 1 saturated heterocycles. The first-order valence-corrected chi connectivity index (χ1v) is 14.7. The number of carbonyl (C=O) groups excluding carboxylic acids is 2. The van der Waals surface area contributed by atoms with Gasteiger partial charge in [-0.15, -0.1) is 11.3 Å². The summed E-state index contributed by atoms with van der Waals surface area (Å²) < 4.78 is 5.23. The van der Waals surface area contributed by atoms with Crippen LogP contribution in [0.2, 0.25) is 0 Å². The average molecular weight is 574 g/mol. The number of carbonyl (C=O) groups is 2.